The lowest BCUT2D eigenvalue weighted by Crippen LogP contribution is -2.31. The van der Waals surface area contributed by atoms with Gasteiger partial charge in [-0.05, 0) is 49.1 Å². The Hall–Kier alpha value is -2.72. The van der Waals surface area contributed by atoms with Crippen molar-refractivity contribution >= 4 is 44.5 Å². The van der Waals surface area contributed by atoms with E-state index in [1.807, 2.05) is 0 Å². The molecule has 176 valence electrons. The number of oxazole rings is 1. The molecule has 0 spiro atoms. The van der Waals surface area contributed by atoms with Gasteiger partial charge >= 0.3 is 0 Å². The van der Waals surface area contributed by atoms with Crippen LogP contribution in [0.1, 0.15) is 32.1 Å². The first kappa shape index (κ1) is 23.4. The number of rotatable bonds is 9. The molecule has 1 aliphatic carbocycles. The summed E-state index contributed by atoms with van der Waals surface area (Å²) in [4.78, 5) is 16.6. The minimum absolute atomic E-state index is 0.0518. The summed E-state index contributed by atoms with van der Waals surface area (Å²) in [6.07, 6.45) is 6.12. The van der Waals surface area contributed by atoms with Crippen molar-refractivity contribution in [2.24, 2.45) is 5.92 Å². The molecule has 0 unspecified atom stereocenters. The number of ether oxygens (including phenoxy) is 1. The summed E-state index contributed by atoms with van der Waals surface area (Å²) in [5.74, 6) is 1.13. The fourth-order valence-corrected chi connectivity index (χ4v) is 5.63. The maximum absolute atomic E-state index is 12.9. The standard InChI is InChI=1S/C23H27N3O5S2/c1-30-20-10-6-5-9-18(20)26-33(28,29)17-11-12-21-19(13-17)25-23(31-21)32-15-22(27)24-14-16-7-3-2-4-8-16/h5-6,9-13,16,26H,2-4,7-8,14-15H2,1H3,(H,24,27). The second-order valence-electron chi connectivity index (χ2n) is 8.01. The molecule has 0 saturated heterocycles. The average molecular weight is 490 g/mol. The average Bonchev–Trinajstić information content (AvgIpc) is 3.24. The van der Waals surface area contributed by atoms with E-state index >= 15 is 0 Å². The number of hydrogen-bond acceptors (Lipinski definition) is 7. The summed E-state index contributed by atoms with van der Waals surface area (Å²) >= 11 is 1.19. The van der Waals surface area contributed by atoms with Gasteiger partial charge in [-0.2, -0.15) is 0 Å². The Kier molecular flexibility index (Phi) is 7.44. The largest absolute Gasteiger partial charge is 0.495 e. The number of amides is 1. The lowest BCUT2D eigenvalue weighted by Gasteiger charge is -2.21. The molecule has 0 atom stereocenters. The summed E-state index contributed by atoms with van der Waals surface area (Å²) in [5, 5.41) is 3.31. The summed E-state index contributed by atoms with van der Waals surface area (Å²) in [7, 11) is -2.38. The minimum Gasteiger partial charge on any atom is -0.495 e. The highest BCUT2D eigenvalue weighted by Gasteiger charge is 2.19. The second-order valence-corrected chi connectivity index (χ2v) is 10.6. The Labute approximate surface area is 197 Å². The summed E-state index contributed by atoms with van der Waals surface area (Å²) in [6, 6.07) is 11.2. The molecule has 0 radical (unpaired) electrons. The molecule has 0 aliphatic heterocycles. The molecule has 8 nitrogen and oxygen atoms in total. The number of thioether (sulfide) groups is 1. The first-order valence-electron chi connectivity index (χ1n) is 10.9. The third-order valence-electron chi connectivity index (χ3n) is 5.64. The molecule has 1 aliphatic rings. The molecular weight excluding hydrogens is 462 g/mol. The van der Waals surface area contributed by atoms with Gasteiger partial charge in [0, 0.05) is 6.54 Å². The Bertz CT molecular complexity index is 1220. The molecule has 0 bridgehead atoms. The molecule has 4 rings (SSSR count). The quantitative estimate of drug-likeness (QED) is 0.428. The van der Waals surface area contributed by atoms with Gasteiger partial charge in [0.2, 0.25) is 5.91 Å². The monoisotopic (exact) mass is 489 g/mol. The van der Waals surface area contributed by atoms with Crippen molar-refractivity contribution in [1.29, 1.82) is 0 Å². The van der Waals surface area contributed by atoms with E-state index in [4.69, 9.17) is 9.15 Å². The van der Waals surface area contributed by atoms with E-state index in [9.17, 15) is 13.2 Å². The summed E-state index contributed by atoms with van der Waals surface area (Å²) in [5.41, 5.74) is 1.20. The molecule has 2 N–H and O–H groups in total. The van der Waals surface area contributed by atoms with E-state index < -0.39 is 10.0 Å². The van der Waals surface area contributed by atoms with Gasteiger partial charge in [0.05, 0.1) is 23.4 Å². The highest BCUT2D eigenvalue weighted by molar-refractivity contribution is 7.99. The number of aromatic nitrogens is 1. The normalized spacial score (nSPS) is 14.8. The van der Waals surface area contributed by atoms with Crippen molar-refractivity contribution in [3.63, 3.8) is 0 Å². The van der Waals surface area contributed by atoms with E-state index in [-0.39, 0.29) is 16.6 Å². The third-order valence-corrected chi connectivity index (χ3v) is 7.83. The number of carbonyl (C=O) groups is 1. The molecule has 1 aromatic heterocycles. The Morgan fingerprint density at radius 3 is 2.76 bits per heavy atom. The second kappa shape index (κ2) is 10.5. The molecule has 1 fully saturated rings. The smallest absolute Gasteiger partial charge is 0.262 e. The van der Waals surface area contributed by atoms with Gasteiger partial charge in [-0.1, -0.05) is 43.2 Å². The number of hydrogen-bond donors (Lipinski definition) is 2. The maximum Gasteiger partial charge on any atom is 0.262 e. The maximum atomic E-state index is 12.9. The van der Waals surface area contributed by atoms with Gasteiger partial charge in [0.25, 0.3) is 15.2 Å². The van der Waals surface area contributed by atoms with Crippen LogP contribution in [0.15, 0.2) is 57.0 Å². The third kappa shape index (κ3) is 6.00. The number of fused-ring (bicyclic) bond motifs is 1. The molecular formula is C23H27N3O5S2. The van der Waals surface area contributed by atoms with Crippen molar-refractivity contribution < 1.29 is 22.4 Å². The fourth-order valence-electron chi connectivity index (χ4n) is 3.88. The lowest BCUT2D eigenvalue weighted by molar-refractivity contribution is -0.118. The Morgan fingerprint density at radius 1 is 1.18 bits per heavy atom. The van der Waals surface area contributed by atoms with Gasteiger partial charge in [-0.25, -0.2) is 13.4 Å². The topological polar surface area (TPSA) is 111 Å². The summed E-state index contributed by atoms with van der Waals surface area (Å²) < 4.78 is 39.1. The zero-order valence-electron chi connectivity index (χ0n) is 18.4. The zero-order chi connectivity index (χ0) is 23.3. The van der Waals surface area contributed by atoms with Crippen molar-refractivity contribution in [2.75, 3.05) is 24.1 Å². The first-order chi connectivity index (χ1) is 15.9. The minimum atomic E-state index is -3.85. The summed E-state index contributed by atoms with van der Waals surface area (Å²) in [6.45, 7) is 0.716. The van der Waals surface area contributed by atoms with E-state index in [1.165, 1.54) is 63.1 Å². The van der Waals surface area contributed by atoms with Crippen LogP contribution in [0.25, 0.3) is 11.1 Å². The molecule has 1 saturated carbocycles. The van der Waals surface area contributed by atoms with Gasteiger partial charge < -0.3 is 14.5 Å². The van der Waals surface area contributed by atoms with Crippen LogP contribution in [-0.2, 0) is 14.8 Å². The first-order valence-corrected chi connectivity index (χ1v) is 13.4. The van der Waals surface area contributed by atoms with Crippen LogP contribution in [0, 0.1) is 5.92 Å². The number of nitrogens with one attached hydrogen (secondary N) is 2. The molecule has 1 heterocycles. The van der Waals surface area contributed by atoms with Crippen LogP contribution in [-0.4, -0.2) is 38.7 Å². The number of para-hydroxylation sites is 2. The highest BCUT2D eigenvalue weighted by atomic mass is 32.2. The van der Waals surface area contributed by atoms with Crippen LogP contribution in [0.3, 0.4) is 0 Å². The van der Waals surface area contributed by atoms with E-state index in [0.29, 0.717) is 40.2 Å². The van der Waals surface area contributed by atoms with Gasteiger partial charge in [0.15, 0.2) is 5.58 Å². The van der Waals surface area contributed by atoms with Crippen molar-refractivity contribution in [3.05, 3.63) is 42.5 Å². The number of sulfonamides is 1. The Morgan fingerprint density at radius 2 is 1.97 bits per heavy atom. The number of carbonyl (C=O) groups excluding carboxylic acids is 1. The SMILES string of the molecule is COc1ccccc1NS(=O)(=O)c1ccc2oc(SCC(=O)NCC3CCCCC3)nc2c1. The van der Waals surface area contributed by atoms with Crippen LogP contribution < -0.4 is 14.8 Å². The molecule has 33 heavy (non-hydrogen) atoms. The van der Waals surface area contributed by atoms with Crippen LogP contribution in [0.5, 0.6) is 5.75 Å². The van der Waals surface area contributed by atoms with E-state index in [0.717, 1.165) is 0 Å². The number of benzene rings is 2. The van der Waals surface area contributed by atoms with Gasteiger partial charge in [0.1, 0.15) is 11.3 Å². The van der Waals surface area contributed by atoms with Gasteiger partial charge in [-0.3, -0.25) is 9.52 Å². The van der Waals surface area contributed by atoms with Crippen molar-refractivity contribution in [1.82, 2.24) is 10.3 Å². The molecule has 1 amide bonds. The van der Waals surface area contributed by atoms with E-state index in [1.54, 1.807) is 30.3 Å². The number of nitrogens with zero attached hydrogens (tertiary/aromatic N) is 1. The number of anilines is 1. The van der Waals surface area contributed by atoms with Crippen LogP contribution in [0.4, 0.5) is 5.69 Å². The molecule has 10 heteroatoms. The predicted octanol–water partition coefficient (Wildman–Crippen LogP) is 4.43. The molecule has 2 aromatic carbocycles. The lowest BCUT2D eigenvalue weighted by atomic mass is 9.89. The van der Waals surface area contributed by atoms with E-state index in [2.05, 4.69) is 15.0 Å². The van der Waals surface area contributed by atoms with Crippen molar-refractivity contribution in [2.45, 2.75) is 42.2 Å². The molecule has 3 aromatic rings. The zero-order valence-corrected chi connectivity index (χ0v) is 20.0. The predicted molar refractivity (Wildman–Crippen MR) is 128 cm³/mol. The van der Waals surface area contributed by atoms with Crippen LogP contribution in [0.2, 0.25) is 0 Å². The fraction of sp³-hybridized carbons (Fsp3) is 0.391. The van der Waals surface area contributed by atoms with Crippen molar-refractivity contribution in [3.8, 4) is 5.75 Å². The Balaban J connectivity index is 1.39. The van der Waals surface area contributed by atoms with Crippen LogP contribution >= 0.6 is 11.8 Å². The number of methoxy groups -OCH3 is 1. The highest BCUT2D eigenvalue weighted by Crippen LogP contribution is 2.29. The van der Waals surface area contributed by atoms with Gasteiger partial charge in [-0.15, -0.1) is 0 Å².